The van der Waals surface area contributed by atoms with Crippen LogP contribution in [-0.2, 0) is 0 Å². The van der Waals surface area contributed by atoms with Gasteiger partial charge < -0.3 is 13.1 Å². The van der Waals surface area contributed by atoms with E-state index in [1.54, 1.807) is 0 Å². The lowest BCUT2D eigenvalue weighted by Crippen LogP contribution is -2.82. The SMILES string of the molecule is CCN1[Si](CC)N[Si](CC)N(CC)[Si]1(CC)CC. The summed E-state index contributed by atoms with van der Waals surface area (Å²) in [5.74, 6) is 0. The van der Waals surface area contributed by atoms with Gasteiger partial charge in [-0.2, -0.15) is 0 Å². The molecule has 0 aliphatic carbocycles. The molecular weight excluding hydrogens is 270 g/mol. The fourth-order valence-electron chi connectivity index (χ4n) is 3.49. The van der Waals surface area contributed by atoms with Crippen molar-refractivity contribution in [1.29, 1.82) is 0 Å². The number of rotatable bonds is 6. The van der Waals surface area contributed by atoms with Gasteiger partial charge in [0.05, 0.1) is 0 Å². The van der Waals surface area contributed by atoms with E-state index in [1.165, 1.54) is 37.3 Å². The van der Waals surface area contributed by atoms with Gasteiger partial charge in [0.25, 0.3) is 0 Å². The standard InChI is InChI=1S/C12H31N3Si3/c1-7-14-16(9-3)13-17(10-4)15(8-2)18(14,11-5)12-6/h13H,7-12H2,1-6H3. The molecule has 1 saturated heterocycles. The molecular formula is C12H31N3Si3. The van der Waals surface area contributed by atoms with E-state index in [0.29, 0.717) is 0 Å². The first kappa shape index (κ1) is 16.6. The summed E-state index contributed by atoms with van der Waals surface area (Å²) < 4.78 is 9.97. The van der Waals surface area contributed by atoms with Gasteiger partial charge in [-0.05, 0) is 37.3 Å². The van der Waals surface area contributed by atoms with Gasteiger partial charge in [0.15, 0.2) is 8.40 Å². The summed E-state index contributed by atoms with van der Waals surface area (Å²) in [5.41, 5.74) is 0. The van der Waals surface area contributed by atoms with Crippen LogP contribution in [0.4, 0.5) is 0 Å². The molecule has 0 aromatic carbocycles. The largest absolute Gasteiger partial charge is 0.336 e. The van der Waals surface area contributed by atoms with E-state index >= 15 is 0 Å². The molecule has 106 valence electrons. The topological polar surface area (TPSA) is 18.5 Å². The van der Waals surface area contributed by atoms with Gasteiger partial charge in [-0.1, -0.05) is 41.5 Å². The third-order valence-electron chi connectivity index (χ3n) is 4.38. The maximum atomic E-state index is 4.07. The minimum absolute atomic E-state index is 0.461. The maximum Gasteiger partial charge on any atom is 0.213 e. The van der Waals surface area contributed by atoms with Crippen LogP contribution >= 0.6 is 0 Å². The van der Waals surface area contributed by atoms with Crippen LogP contribution in [0.15, 0.2) is 0 Å². The Morgan fingerprint density at radius 3 is 1.39 bits per heavy atom. The fraction of sp³-hybridized carbons (Fsp3) is 1.00. The van der Waals surface area contributed by atoms with Crippen molar-refractivity contribution in [3.05, 3.63) is 0 Å². The highest BCUT2D eigenvalue weighted by Gasteiger charge is 2.51. The van der Waals surface area contributed by atoms with E-state index in [1.807, 2.05) is 0 Å². The molecule has 1 heterocycles. The summed E-state index contributed by atoms with van der Waals surface area (Å²) in [5, 5.41) is 0. The third kappa shape index (κ3) is 2.69. The van der Waals surface area contributed by atoms with Crippen molar-refractivity contribution in [2.45, 2.75) is 65.7 Å². The highest BCUT2D eigenvalue weighted by molar-refractivity contribution is 6.94. The highest BCUT2D eigenvalue weighted by Crippen LogP contribution is 2.30. The molecule has 2 radical (unpaired) electrons. The molecule has 1 aliphatic rings. The number of hydrogen-bond donors (Lipinski definition) is 1. The van der Waals surface area contributed by atoms with Crippen LogP contribution in [0.5, 0.6) is 0 Å². The first-order valence-corrected chi connectivity index (χ1v) is 13.3. The molecule has 6 heteroatoms. The lowest BCUT2D eigenvalue weighted by Gasteiger charge is -2.57. The Hall–Kier alpha value is 0.531. The van der Waals surface area contributed by atoms with Crippen LogP contribution in [0.3, 0.4) is 0 Å². The molecule has 0 unspecified atom stereocenters. The molecule has 0 spiro atoms. The van der Waals surface area contributed by atoms with Crippen LogP contribution < -0.4 is 4.65 Å². The Morgan fingerprint density at radius 1 is 0.778 bits per heavy atom. The van der Waals surface area contributed by atoms with Crippen molar-refractivity contribution in [2.75, 3.05) is 13.1 Å². The minimum Gasteiger partial charge on any atom is -0.336 e. The first-order valence-electron chi connectivity index (χ1n) is 7.68. The first-order chi connectivity index (χ1) is 8.64. The zero-order chi connectivity index (χ0) is 13.8. The zero-order valence-electron chi connectivity index (χ0n) is 13.1. The van der Waals surface area contributed by atoms with Crippen molar-refractivity contribution >= 4 is 26.6 Å². The normalized spacial score (nSPS) is 23.7. The number of nitrogens with one attached hydrogen (secondary N) is 1. The second kappa shape index (κ2) is 7.35. The summed E-state index contributed by atoms with van der Waals surface area (Å²) >= 11 is 0. The Kier molecular flexibility index (Phi) is 6.77. The molecule has 1 N–H and O–H groups in total. The van der Waals surface area contributed by atoms with Crippen molar-refractivity contribution in [3.63, 3.8) is 0 Å². The molecule has 1 aliphatic heterocycles. The summed E-state index contributed by atoms with van der Waals surface area (Å²) in [6, 6.07) is 5.49. The second-order valence-electron chi connectivity index (χ2n) is 4.90. The number of hydrogen-bond acceptors (Lipinski definition) is 3. The van der Waals surface area contributed by atoms with Gasteiger partial charge in [0.1, 0.15) is 0 Å². The molecule has 0 saturated carbocycles. The molecule has 18 heavy (non-hydrogen) atoms. The molecule has 0 bridgehead atoms. The summed E-state index contributed by atoms with van der Waals surface area (Å²) in [6.07, 6.45) is 0. The van der Waals surface area contributed by atoms with Gasteiger partial charge in [-0.25, -0.2) is 0 Å². The van der Waals surface area contributed by atoms with E-state index < -0.39 is 26.6 Å². The van der Waals surface area contributed by atoms with Gasteiger partial charge >= 0.3 is 0 Å². The van der Waals surface area contributed by atoms with E-state index in [-0.39, 0.29) is 0 Å². The lowest BCUT2D eigenvalue weighted by atomic mass is 10.8. The van der Waals surface area contributed by atoms with E-state index in [9.17, 15) is 0 Å². The lowest BCUT2D eigenvalue weighted by molar-refractivity contribution is 0.496. The predicted molar refractivity (Wildman–Crippen MR) is 87.1 cm³/mol. The number of nitrogens with zero attached hydrogens (tertiary/aromatic N) is 2. The average Bonchev–Trinajstić information content (AvgIpc) is 2.44. The molecule has 0 atom stereocenters. The van der Waals surface area contributed by atoms with Crippen LogP contribution in [0.2, 0.25) is 24.2 Å². The zero-order valence-corrected chi connectivity index (χ0v) is 16.1. The van der Waals surface area contributed by atoms with Crippen LogP contribution in [-0.4, -0.2) is 48.2 Å². The smallest absolute Gasteiger partial charge is 0.213 e. The van der Waals surface area contributed by atoms with Crippen LogP contribution in [0, 0.1) is 0 Å². The molecule has 1 fully saturated rings. The van der Waals surface area contributed by atoms with Crippen molar-refractivity contribution in [3.8, 4) is 0 Å². The quantitative estimate of drug-likeness (QED) is 0.761. The molecule has 1 rings (SSSR count). The monoisotopic (exact) mass is 301 g/mol. The molecule has 0 aromatic heterocycles. The summed E-state index contributed by atoms with van der Waals surface area (Å²) in [7, 11) is -2.28. The fourth-order valence-corrected chi connectivity index (χ4v) is 21.2. The Balaban J connectivity index is 3.14. The van der Waals surface area contributed by atoms with Crippen molar-refractivity contribution < 1.29 is 0 Å². The van der Waals surface area contributed by atoms with Gasteiger partial charge in [-0.3, -0.25) is 0 Å². The average molecular weight is 302 g/mol. The van der Waals surface area contributed by atoms with E-state index in [4.69, 9.17) is 0 Å². The Bertz CT molecular complexity index is 229. The summed E-state index contributed by atoms with van der Waals surface area (Å²) in [4.78, 5) is 0. The minimum atomic E-state index is -1.36. The van der Waals surface area contributed by atoms with Crippen molar-refractivity contribution in [1.82, 2.24) is 13.1 Å². The maximum absolute atomic E-state index is 4.07. The van der Waals surface area contributed by atoms with Gasteiger partial charge in [0, 0.05) is 0 Å². The van der Waals surface area contributed by atoms with Crippen LogP contribution in [0.1, 0.15) is 41.5 Å². The molecule has 0 aromatic rings. The second-order valence-corrected chi connectivity index (χ2v) is 15.5. The third-order valence-corrected chi connectivity index (χ3v) is 19.0. The molecule has 3 nitrogen and oxygen atoms in total. The summed E-state index contributed by atoms with van der Waals surface area (Å²) in [6.45, 7) is 16.9. The van der Waals surface area contributed by atoms with E-state index in [0.717, 1.165) is 0 Å². The molecule has 0 amide bonds. The van der Waals surface area contributed by atoms with Crippen molar-refractivity contribution in [2.24, 2.45) is 0 Å². The van der Waals surface area contributed by atoms with E-state index in [2.05, 4.69) is 54.7 Å². The predicted octanol–water partition coefficient (Wildman–Crippen LogP) is 2.73. The van der Waals surface area contributed by atoms with Gasteiger partial charge in [0.2, 0.25) is 18.2 Å². The highest BCUT2D eigenvalue weighted by atomic mass is 28.5. The van der Waals surface area contributed by atoms with Gasteiger partial charge in [-0.15, -0.1) is 0 Å². The Morgan fingerprint density at radius 2 is 1.17 bits per heavy atom. The Labute approximate surface area is 119 Å². The van der Waals surface area contributed by atoms with Crippen LogP contribution in [0.25, 0.3) is 0 Å².